The lowest BCUT2D eigenvalue weighted by atomic mass is 9.65. The van der Waals surface area contributed by atoms with Crippen LogP contribution in [0.1, 0.15) is 45.2 Å². The zero-order valence-electron chi connectivity index (χ0n) is 19.6. The van der Waals surface area contributed by atoms with E-state index in [1.165, 1.54) is 5.56 Å². The molecule has 1 amide bonds. The molecule has 2 heterocycles. The van der Waals surface area contributed by atoms with Gasteiger partial charge in [-0.05, 0) is 43.9 Å². The quantitative estimate of drug-likeness (QED) is 0.561. The van der Waals surface area contributed by atoms with E-state index in [-0.39, 0.29) is 11.8 Å². The summed E-state index contributed by atoms with van der Waals surface area (Å²) in [6, 6.07) is 15.7. The summed E-state index contributed by atoms with van der Waals surface area (Å²) in [4.78, 5) is 23.2. The van der Waals surface area contributed by atoms with Gasteiger partial charge in [0.25, 0.3) is 0 Å². The molecular weight excluding hydrogens is 400 g/mol. The van der Waals surface area contributed by atoms with Crippen LogP contribution in [0, 0.1) is 12.8 Å². The highest BCUT2D eigenvalue weighted by Gasteiger charge is 2.50. The highest BCUT2D eigenvalue weighted by atomic mass is 16.3. The van der Waals surface area contributed by atoms with Gasteiger partial charge in [-0.1, -0.05) is 62.7 Å². The zero-order valence-corrected chi connectivity index (χ0v) is 19.6. The molecule has 1 aromatic heterocycles. The number of β-amino-alcohol motifs (C(OH)–C–C–N with tert-alkyl or cyclic N) is 1. The Morgan fingerprint density at radius 1 is 1.16 bits per heavy atom. The van der Waals surface area contributed by atoms with Gasteiger partial charge in [-0.3, -0.25) is 4.79 Å². The first kappa shape index (κ1) is 22.3. The highest BCUT2D eigenvalue weighted by molar-refractivity contribution is 5.86. The lowest BCUT2D eigenvalue weighted by molar-refractivity contribution is -0.144. The van der Waals surface area contributed by atoms with Crippen LogP contribution in [0.2, 0.25) is 0 Å². The minimum atomic E-state index is -1.04. The van der Waals surface area contributed by atoms with E-state index >= 15 is 0 Å². The minimum absolute atomic E-state index is 0.00770. The average molecular weight is 435 g/mol. The molecule has 0 saturated carbocycles. The Hall–Kier alpha value is -2.86. The predicted octanol–water partition coefficient (Wildman–Crippen LogP) is 4.25. The topological polar surface area (TPSA) is 81.2 Å². The third-order valence-corrected chi connectivity index (χ3v) is 7.18. The second kappa shape index (κ2) is 8.24. The van der Waals surface area contributed by atoms with E-state index in [1.54, 1.807) is 4.90 Å². The van der Waals surface area contributed by atoms with Gasteiger partial charge in [0.2, 0.25) is 11.9 Å². The summed E-state index contributed by atoms with van der Waals surface area (Å²) in [5.74, 6) is 0.643. The Bertz CT molecular complexity index is 1070. The van der Waals surface area contributed by atoms with Gasteiger partial charge in [-0.15, -0.1) is 0 Å². The molecule has 3 N–H and O–H groups in total. The smallest absolute Gasteiger partial charge is 0.245 e. The summed E-state index contributed by atoms with van der Waals surface area (Å²) in [6.07, 6.45) is 0.699. The van der Waals surface area contributed by atoms with Gasteiger partial charge in [0.15, 0.2) is 0 Å². The molecule has 32 heavy (non-hydrogen) atoms. The lowest BCUT2D eigenvalue weighted by Gasteiger charge is -2.51. The summed E-state index contributed by atoms with van der Waals surface area (Å²) in [5.41, 5.74) is 2.63. The number of carbonyl (C=O) groups is 1. The number of hydrogen-bond donors (Lipinski definition) is 3. The Labute approximate surface area is 190 Å². The number of amides is 1. The first-order chi connectivity index (χ1) is 15.1. The van der Waals surface area contributed by atoms with Crippen LogP contribution < -0.4 is 5.32 Å². The fourth-order valence-electron chi connectivity index (χ4n) is 4.70. The van der Waals surface area contributed by atoms with Crippen molar-refractivity contribution in [3.05, 3.63) is 59.7 Å². The van der Waals surface area contributed by atoms with E-state index in [4.69, 9.17) is 0 Å². The molecule has 1 aliphatic heterocycles. The first-order valence-corrected chi connectivity index (χ1v) is 11.4. The van der Waals surface area contributed by atoms with Gasteiger partial charge in [0.1, 0.15) is 6.04 Å². The number of aromatic amines is 1. The number of aryl methyl sites for hydroxylation is 1. The molecule has 2 aromatic carbocycles. The van der Waals surface area contributed by atoms with Crippen molar-refractivity contribution in [1.82, 2.24) is 14.9 Å². The predicted molar refractivity (Wildman–Crippen MR) is 129 cm³/mol. The van der Waals surface area contributed by atoms with Crippen molar-refractivity contribution in [3.8, 4) is 0 Å². The Morgan fingerprint density at radius 3 is 2.47 bits per heavy atom. The maximum absolute atomic E-state index is 13.5. The van der Waals surface area contributed by atoms with Crippen LogP contribution in [0.3, 0.4) is 0 Å². The van der Waals surface area contributed by atoms with Crippen molar-refractivity contribution in [3.63, 3.8) is 0 Å². The fourth-order valence-corrected chi connectivity index (χ4v) is 4.70. The van der Waals surface area contributed by atoms with Gasteiger partial charge < -0.3 is 20.3 Å². The number of H-pyrrole nitrogens is 1. The largest absolute Gasteiger partial charge is 0.387 e. The molecule has 1 unspecified atom stereocenters. The molecule has 3 aromatic rings. The molecule has 4 rings (SSSR count). The number of para-hydroxylation sites is 2. The number of nitrogens with one attached hydrogen (secondary N) is 2. The van der Waals surface area contributed by atoms with Crippen molar-refractivity contribution in [2.75, 3.05) is 18.4 Å². The number of likely N-dealkylation sites (tertiary alicyclic amines) is 1. The van der Waals surface area contributed by atoms with Crippen molar-refractivity contribution >= 4 is 22.9 Å². The SMILES string of the molecule is Cc1ccc(C2(C)CCN(C(=O)[C@H](Nc3nc4ccccc4[nH]3)C(C)C)C[C@]2(C)O)cc1. The van der Waals surface area contributed by atoms with Crippen molar-refractivity contribution in [2.24, 2.45) is 5.92 Å². The lowest BCUT2D eigenvalue weighted by Crippen LogP contribution is -2.63. The maximum atomic E-state index is 13.5. The van der Waals surface area contributed by atoms with Gasteiger partial charge in [-0.2, -0.15) is 0 Å². The molecular formula is C26H34N4O2. The average Bonchev–Trinajstić information content (AvgIpc) is 3.16. The normalized spacial score (nSPS) is 24.7. The van der Waals surface area contributed by atoms with Crippen LogP contribution in [0.4, 0.5) is 5.95 Å². The van der Waals surface area contributed by atoms with Crippen molar-refractivity contribution < 1.29 is 9.90 Å². The summed E-state index contributed by atoms with van der Waals surface area (Å²) >= 11 is 0. The molecule has 6 heteroatoms. The number of imidazole rings is 1. The van der Waals surface area contributed by atoms with Crippen LogP contribution in [0.25, 0.3) is 11.0 Å². The summed E-state index contributed by atoms with van der Waals surface area (Å²) < 4.78 is 0. The number of hydrogen-bond acceptors (Lipinski definition) is 4. The number of fused-ring (bicyclic) bond motifs is 1. The molecule has 170 valence electrons. The molecule has 1 saturated heterocycles. The Kier molecular flexibility index (Phi) is 5.76. The van der Waals surface area contributed by atoms with Crippen LogP contribution >= 0.6 is 0 Å². The van der Waals surface area contributed by atoms with Crippen LogP contribution in [0.5, 0.6) is 0 Å². The Morgan fingerprint density at radius 2 is 1.84 bits per heavy atom. The molecule has 0 aliphatic carbocycles. The third kappa shape index (κ3) is 3.99. The second-order valence-electron chi connectivity index (χ2n) is 9.95. The number of carbonyl (C=O) groups excluding carboxylic acids is 1. The van der Waals surface area contributed by atoms with Crippen LogP contribution in [0.15, 0.2) is 48.5 Å². The second-order valence-corrected chi connectivity index (χ2v) is 9.95. The van der Waals surface area contributed by atoms with Gasteiger partial charge in [0.05, 0.1) is 23.2 Å². The van der Waals surface area contributed by atoms with E-state index in [2.05, 4.69) is 53.4 Å². The number of benzene rings is 2. The van der Waals surface area contributed by atoms with Crippen molar-refractivity contribution in [2.45, 2.75) is 58.1 Å². The number of aromatic nitrogens is 2. The zero-order chi connectivity index (χ0) is 23.1. The van der Waals surface area contributed by atoms with E-state index in [1.807, 2.05) is 45.0 Å². The molecule has 0 spiro atoms. The standard InChI is InChI=1S/C26H34N4O2/c1-17(2)22(29-24-27-20-8-6-7-9-21(20)28-24)23(31)30-15-14-25(4,26(5,32)16-30)19-12-10-18(3)11-13-19/h6-13,17,22,32H,14-16H2,1-5H3,(H2,27,28,29)/t22-,25?,26+/m1/s1. The van der Waals surface area contributed by atoms with Crippen molar-refractivity contribution in [1.29, 1.82) is 0 Å². The molecule has 1 aliphatic rings. The van der Waals surface area contributed by atoms with Crippen LogP contribution in [-0.2, 0) is 10.2 Å². The van der Waals surface area contributed by atoms with E-state index in [0.717, 1.165) is 16.6 Å². The summed E-state index contributed by atoms with van der Waals surface area (Å²) in [6.45, 7) is 11.0. The number of nitrogens with zero attached hydrogens (tertiary/aromatic N) is 2. The number of rotatable bonds is 5. The molecule has 6 nitrogen and oxygen atoms in total. The minimum Gasteiger partial charge on any atom is -0.387 e. The third-order valence-electron chi connectivity index (χ3n) is 7.18. The first-order valence-electron chi connectivity index (χ1n) is 11.4. The molecule has 0 radical (unpaired) electrons. The fraction of sp³-hybridized carbons (Fsp3) is 0.462. The number of anilines is 1. The van der Waals surface area contributed by atoms with Gasteiger partial charge >= 0.3 is 0 Å². The van der Waals surface area contributed by atoms with E-state index in [9.17, 15) is 9.90 Å². The summed E-state index contributed by atoms with van der Waals surface area (Å²) in [7, 11) is 0. The number of piperidine rings is 1. The summed E-state index contributed by atoms with van der Waals surface area (Å²) in [5, 5.41) is 14.8. The highest BCUT2D eigenvalue weighted by Crippen LogP contribution is 2.42. The van der Waals surface area contributed by atoms with Crippen LogP contribution in [-0.4, -0.2) is 50.6 Å². The molecule has 0 bridgehead atoms. The van der Waals surface area contributed by atoms with E-state index < -0.39 is 17.1 Å². The molecule has 1 fully saturated rings. The maximum Gasteiger partial charge on any atom is 0.245 e. The Balaban J connectivity index is 1.53. The molecule has 3 atom stereocenters. The monoisotopic (exact) mass is 434 g/mol. The number of aliphatic hydroxyl groups is 1. The van der Waals surface area contributed by atoms with Gasteiger partial charge in [-0.25, -0.2) is 4.98 Å². The van der Waals surface area contributed by atoms with E-state index in [0.29, 0.717) is 25.5 Å². The van der Waals surface area contributed by atoms with Gasteiger partial charge in [0, 0.05) is 12.0 Å².